The van der Waals surface area contributed by atoms with Crippen molar-refractivity contribution in [2.24, 2.45) is 0 Å². The van der Waals surface area contributed by atoms with Crippen LogP contribution >= 0.6 is 0 Å². The van der Waals surface area contributed by atoms with Crippen molar-refractivity contribution in [1.82, 2.24) is 4.72 Å². The predicted molar refractivity (Wildman–Crippen MR) is 75.6 cm³/mol. The van der Waals surface area contributed by atoms with Gasteiger partial charge < -0.3 is 4.90 Å². The van der Waals surface area contributed by atoms with Gasteiger partial charge in [0.15, 0.2) is 0 Å². The second kappa shape index (κ2) is 6.03. The molecule has 1 saturated carbocycles. The molecule has 2 atom stereocenters. The molecule has 2 unspecified atom stereocenters. The second-order valence-electron chi connectivity index (χ2n) is 5.51. The fourth-order valence-electron chi connectivity index (χ4n) is 2.83. The van der Waals surface area contributed by atoms with E-state index in [0.29, 0.717) is 10.9 Å². The van der Waals surface area contributed by atoms with E-state index in [9.17, 15) is 8.42 Å². The van der Waals surface area contributed by atoms with Crippen LogP contribution in [-0.4, -0.2) is 34.6 Å². The van der Waals surface area contributed by atoms with Crippen molar-refractivity contribution < 1.29 is 13.3 Å². The minimum absolute atomic E-state index is 0.0453. The summed E-state index contributed by atoms with van der Waals surface area (Å²) in [7, 11) is 0.804. The molecule has 106 valence electrons. The van der Waals surface area contributed by atoms with Crippen molar-refractivity contribution in [3.05, 3.63) is 30.3 Å². The third-order valence-electron chi connectivity index (χ3n) is 3.87. The van der Waals surface area contributed by atoms with Gasteiger partial charge in [-0.2, -0.15) is 0 Å². The van der Waals surface area contributed by atoms with Gasteiger partial charge in [0, 0.05) is 6.42 Å². The van der Waals surface area contributed by atoms with Crippen LogP contribution in [0.15, 0.2) is 35.2 Å². The quantitative estimate of drug-likeness (QED) is 0.841. The Bertz CT molecular complexity index is 499. The first-order chi connectivity index (χ1) is 9.00. The van der Waals surface area contributed by atoms with Gasteiger partial charge in [-0.25, -0.2) is 13.1 Å². The summed E-state index contributed by atoms with van der Waals surface area (Å²) in [6.07, 6.45) is 4.32. The van der Waals surface area contributed by atoms with Crippen LogP contribution in [0.2, 0.25) is 0 Å². The first-order valence-electron chi connectivity index (χ1n) is 6.88. The van der Waals surface area contributed by atoms with Gasteiger partial charge in [0.25, 0.3) is 0 Å². The molecular formula is C14H23N2O2S+. The molecular weight excluding hydrogens is 260 g/mol. The summed E-state index contributed by atoms with van der Waals surface area (Å²) in [5, 5.41) is 0. The number of hydrogen-bond acceptors (Lipinski definition) is 2. The first kappa shape index (κ1) is 14.5. The molecule has 1 aromatic carbocycles. The lowest BCUT2D eigenvalue weighted by molar-refractivity contribution is -0.888. The number of likely N-dealkylation sites (N-methyl/N-ethyl adjacent to an activating group) is 1. The van der Waals surface area contributed by atoms with Crippen LogP contribution in [0.25, 0.3) is 0 Å². The monoisotopic (exact) mass is 283 g/mol. The summed E-state index contributed by atoms with van der Waals surface area (Å²) in [5.74, 6) is 0. The van der Waals surface area contributed by atoms with Gasteiger partial charge in [-0.1, -0.05) is 24.6 Å². The Balaban J connectivity index is 2.15. The maximum Gasteiger partial charge on any atom is 0.241 e. The molecule has 0 heterocycles. The molecule has 0 radical (unpaired) electrons. The maximum absolute atomic E-state index is 12.3. The number of sulfonamides is 1. The van der Waals surface area contributed by atoms with Crippen LogP contribution in [-0.2, 0) is 10.0 Å². The minimum atomic E-state index is -3.39. The third kappa shape index (κ3) is 3.55. The summed E-state index contributed by atoms with van der Waals surface area (Å²) >= 11 is 0. The standard InChI is InChI=1S/C14H22N2O2S/c1-16(2)14-11-7-6-10-13(14)15-19(17,18)12-8-4-3-5-9-12/h3-5,8-9,13-15H,6-7,10-11H2,1-2H3/p+1. The lowest BCUT2D eigenvalue weighted by Crippen LogP contribution is -3.12. The first-order valence-corrected chi connectivity index (χ1v) is 8.36. The predicted octanol–water partition coefficient (Wildman–Crippen LogP) is 0.421. The highest BCUT2D eigenvalue weighted by Crippen LogP contribution is 2.19. The van der Waals surface area contributed by atoms with E-state index in [1.54, 1.807) is 24.3 Å². The zero-order valence-electron chi connectivity index (χ0n) is 11.6. The van der Waals surface area contributed by atoms with Gasteiger partial charge >= 0.3 is 0 Å². The van der Waals surface area contributed by atoms with Gasteiger partial charge in [0.05, 0.1) is 25.0 Å². The molecule has 0 aliphatic heterocycles. The lowest BCUT2D eigenvalue weighted by Gasteiger charge is -2.33. The summed E-state index contributed by atoms with van der Waals surface area (Å²) in [6, 6.07) is 9.03. The third-order valence-corrected chi connectivity index (χ3v) is 5.37. The van der Waals surface area contributed by atoms with Crippen LogP contribution in [0.5, 0.6) is 0 Å². The van der Waals surface area contributed by atoms with E-state index in [1.165, 1.54) is 11.3 Å². The average molecular weight is 283 g/mol. The Kier molecular flexibility index (Phi) is 4.60. The molecule has 0 spiro atoms. The molecule has 1 aromatic rings. The summed E-state index contributed by atoms with van der Waals surface area (Å²) in [6.45, 7) is 0. The van der Waals surface area contributed by atoms with E-state index in [0.717, 1.165) is 19.3 Å². The molecule has 0 aromatic heterocycles. The van der Waals surface area contributed by atoms with E-state index in [1.807, 2.05) is 6.07 Å². The highest BCUT2D eigenvalue weighted by molar-refractivity contribution is 7.89. The summed E-state index contributed by atoms with van der Waals surface area (Å²) < 4.78 is 27.6. The molecule has 1 aliphatic carbocycles. The molecule has 19 heavy (non-hydrogen) atoms. The smallest absolute Gasteiger partial charge is 0.241 e. The number of quaternary nitrogens is 1. The molecule has 1 fully saturated rings. The molecule has 0 bridgehead atoms. The minimum Gasteiger partial charge on any atom is -0.336 e. The Morgan fingerprint density at radius 2 is 1.74 bits per heavy atom. The SMILES string of the molecule is C[NH+](C)C1CCCCC1NS(=O)(=O)c1ccccc1. The highest BCUT2D eigenvalue weighted by atomic mass is 32.2. The van der Waals surface area contributed by atoms with Crippen molar-refractivity contribution in [2.45, 2.75) is 42.7 Å². The van der Waals surface area contributed by atoms with E-state index in [4.69, 9.17) is 0 Å². The molecule has 2 N–H and O–H groups in total. The second-order valence-corrected chi connectivity index (χ2v) is 7.22. The topological polar surface area (TPSA) is 50.6 Å². The van der Waals surface area contributed by atoms with Crippen molar-refractivity contribution in [3.63, 3.8) is 0 Å². The fraction of sp³-hybridized carbons (Fsp3) is 0.571. The maximum atomic E-state index is 12.3. The zero-order valence-corrected chi connectivity index (χ0v) is 12.4. The van der Waals surface area contributed by atoms with Gasteiger partial charge in [0.1, 0.15) is 6.04 Å². The van der Waals surface area contributed by atoms with Crippen molar-refractivity contribution in [3.8, 4) is 0 Å². The Morgan fingerprint density at radius 3 is 2.37 bits per heavy atom. The van der Waals surface area contributed by atoms with Crippen LogP contribution < -0.4 is 9.62 Å². The molecule has 0 saturated heterocycles. The highest BCUT2D eigenvalue weighted by Gasteiger charge is 2.33. The molecule has 4 nitrogen and oxygen atoms in total. The van der Waals surface area contributed by atoms with Gasteiger partial charge in [-0.3, -0.25) is 0 Å². The van der Waals surface area contributed by atoms with Gasteiger partial charge in [-0.15, -0.1) is 0 Å². The number of rotatable bonds is 4. The Labute approximate surface area is 115 Å². The molecule has 0 amide bonds. The fourth-order valence-corrected chi connectivity index (χ4v) is 4.16. The summed E-state index contributed by atoms with van der Waals surface area (Å²) in [4.78, 5) is 1.67. The molecule has 5 heteroatoms. The van der Waals surface area contributed by atoms with E-state index < -0.39 is 10.0 Å². The lowest BCUT2D eigenvalue weighted by atomic mass is 9.90. The number of hydrogen-bond donors (Lipinski definition) is 2. The van der Waals surface area contributed by atoms with Crippen LogP contribution in [0.4, 0.5) is 0 Å². The number of benzene rings is 1. The average Bonchev–Trinajstić information content (AvgIpc) is 2.39. The zero-order chi connectivity index (χ0) is 13.9. The van der Waals surface area contributed by atoms with E-state index >= 15 is 0 Å². The molecule has 1 aliphatic rings. The van der Waals surface area contributed by atoms with Crippen molar-refractivity contribution >= 4 is 10.0 Å². The van der Waals surface area contributed by atoms with E-state index in [2.05, 4.69) is 18.8 Å². The number of nitrogens with one attached hydrogen (secondary N) is 2. The van der Waals surface area contributed by atoms with Gasteiger partial charge in [0.2, 0.25) is 10.0 Å². The van der Waals surface area contributed by atoms with Crippen LogP contribution in [0.1, 0.15) is 25.7 Å². The molecule has 2 rings (SSSR count). The normalized spacial score (nSPS) is 24.6. The van der Waals surface area contributed by atoms with Crippen molar-refractivity contribution in [1.29, 1.82) is 0 Å². The van der Waals surface area contributed by atoms with Gasteiger partial charge in [-0.05, 0) is 25.0 Å². The Hall–Kier alpha value is -0.910. The largest absolute Gasteiger partial charge is 0.336 e. The van der Waals surface area contributed by atoms with Crippen LogP contribution in [0.3, 0.4) is 0 Å². The van der Waals surface area contributed by atoms with Crippen LogP contribution in [0, 0.1) is 0 Å². The summed E-state index contributed by atoms with van der Waals surface area (Å²) in [5.41, 5.74) is 0. The Morgan fingerprint density at radius 1 is 1.11 bits per heavy atom. The van der Waals surface area contributed by atoms with E-state index in [-0.39, 0.29) is 6.04 Å². The van der Waals surface area contributed by atoms with Crippen molar-refractivity contribution in [2.75, 3.05) is 14.1 Å².